The molecule has 0 aromatic heterocycles. The first kappa shape index (κ1) is 13.3. The first-order valence-corrected chi connectivity index (χ1v) is 6.43. The first-order chi connectivity index (χ1) is 8.58. The SMILES string of the molecule is NC(=O)[C@@H]1CCCCN1Cc1ccc(F)cc1Cl. The molecule has 2 rings (SSSR count). The van der Waals surface area contributed by atoms with E-state index in [0.717, 1.165) is 31.4 Å². The number of hydrogen-bond acceptors (Lipinski definition) is 2. The van der Waals surface area contributed by atoms with Gasteiger partial charge in [-0.05, 0) is 37.1 Å². The third-order valence-electron chi connectivity index (χ3n) is 3.33. The molecule has 1 heterocycles. The molecule has 3 nitrogen and oxygen atoms in total. The van der Waals surface area contributed by atoms with Crippen LogP contribution in [0.5, 0.6) is 0 Å². The standard InChI is InChI=1S/C13H16ClFN2O/c14-11-7-10(15)5-4-9(11)8-17-6-2-1-3-12(17)13(16)18/h4-5,7,12H,1-3,6,8H2,(H2,16,18)/t12-/m0/s1. The van der Waals surface area contributed by atoms with E-state index in [9.17, 15) is 9.18 Å². The van der Waals surface area contributed by atoms with Crippen molar-refractivity contribution >= 4 is 17.5 Å². The van der Waals surface area contributed by atoms with Gasteiger partial charge < -0.3 is 5.73 Å². The van der Waals surface area contributed by atoms with Crippen LogP contribution >= 0.6 is 11.6 Å². The lowest BCUT2D eigenvalue weighted by Crippen LogP contribution is -2.47. The molecule has 0 saturated carbocycles. The van der Waals surface area contributed by atoms with E-state index in [2.05, 4.69) is 0 Å². The molecule has 1 amide bonds. The average Bonchev–Trinajstić information content (AvgIpc) is 2.33. The molecule has 0 radical (unpaired) electrons. The summed E-state index contributed by atoms with van der Waals surface area (Å²) in [7, 11) is 0. The molecule has 2 N–H and O–H groups in total. The Morgan fingerprint density at radius 2 is 2.28 bits per heavy atom. The first-order valence-electron chi connectivity index (χ1n) is 6.05. The third kappa shape index (κ3) is 3.00. The van der Waals surface area contributed by atoms with E-state index < -0.39 is 0 Å². The van der Waals surface area contributed by atoms with Gasteiger partial charge in [0.15, 0.2) is 0 Å². The van der Waals surface area contributed by atoms with E-state index >= 15 is 0 Å². The van der Waals surface area contributed by atoms with Gasteiger partial charge in [0.2, 0.25) is 5.91 Å². The van der Waals surface area contributed by atoms with Gasteiger partial charge in [-0.1, -0.05) is 24.1 Å². The predicted octanol–water partition coefficient (Wildman–Crippen LogP) is 2.32. The van der Waals surface area contributed by atoms with Crippen molar-refractivity contribution in [3.8, 4) is 0 Å². The summed E-state index contributed by atoms with van der Waals surface area (Å²) in [5.41, 5.74) is 6.23. The van der Waals surface area contributed by atoms with Gasteiger partial charge in [0.05, 0.1) is 6.04 Å². The summed E-state index contributed by atoms with van der Waals surface area (Å²) in [6, 6.07) is 4.09. The zero-order valence-electron chi connectivity index (χ0n) is 10.0. The summed E-state index contributed by atoms with van der Waals surface area (Å²) >= 11 is 5.99. The molecule has 0 aliphatic carbocycles. The number of piperidine rings is 1. The molecular weight excluding hydrogens is 255 g/mol. The van der Waals surface area contributed by atoms with Crippen LogP contribution in [0, 0.1) is 5.82 Å². The molecular formula is C13H16ClFN2O. The number of rotatable bonds is 3. The number of hydrogen-bond donors (Lipinski definition) is 1. The van der Waals surface area contributed by atoms with Crippen molar-refractivity contribution in [3.63, 3.8) is 0 Å². The minimum Gasteiger partial charge on any atom is -0.368 e. The van der Waals surface area contributed by atoms with Crippen LogP contribution in [0.2, 0.25) is 5.02 Å². The fourth-order valence-electron chi connectivity index (χ4n) is 2.37. The maximum absolute atomic E-state index is 13.0. The van der Waals surface area contributed by atoms with Crippen LogP contribution in [0.25, 0.3) is 0 Å². The van der Waals surface area contributed by atoms with Crippen molar-refractivity contribution in [1.82, 2.24) is 4.90 Å². The zero-order valence-corrected chi connectivity index (χ0v) is 10.8. The van der Waals surface area contributed by atoms with Crippen molar-refractivity contribution in [3.05, 3.63) is 34.6 Å². The summed E-state index contributed by atoms with van der Waals surface area (Å²) in [6.07, 6.45) is 2.85. The molecule has 1 fully saturated rings. The lowest BCUT2D eigenvalue weighted by atomic mass is 10.0. The number of nitrogens with two attached hydrogens (primary N) is 1. The number of nitrogens with zero attached hydrogens (tertiary/aromatic N) is 1. The Balaban J connectivity index is 2.13. The molecule has 1 aromatic rings. The highest BCUT2D eigenvalue weighted by Crippen LogP contribution is 2.23. The molecule has 0 bridgehead atoms. The van der Waals surface area contributed by atoms with Gasteiger partial charge >= 0.3 is 0 Å². The van der Waals surface area contributed by atoms with Crippen LogP contribution in [0.4, 0.5) is 4.39 Å². The fraction of sp³-hybridized carbons (Fsp3) is 0.462. The Morgan fingerprint density at radius 3 is 2.94 bits per heavy atom. The Hall–Kier alpha value is -1.13. The molecule has 1 atom stereocenters. The van der Waals surface area contributed by atoms with Crippen molar-refractivity contribution in [2.45, 2.75) is 31.8 Å². The molecule has 5 heteroatoms. The Kier molecular flexibility index (Phi) is 4.19. The highest BCUT2D eigenvalue weighted by molar-refractivity contribution is 6.31. The summed E-state index contributed by atoms with van der Waals surface area (Å²) in [5, 5.41) is 0.392. The van der Waals surface area contributed by atoms with E-state index in [1.165, 1.54) is 12.1 Å². The maximum Gasteiger partial charge on any atom is 0.234 e. The number of carbonyl (C=O) groups excluding carboxylic acids is 1. The highest BCUT2D eigenvalue weighted by Gasteiger charge is 2.27. The topological polar surface area (TPSA) is 46.3 Å². The molecule has 0 unspecified atom stereocenters. The van der Waals surface area contributed by atoms with Gasteiger partial charge in [-0.15, -0.1) is 0 Å². The number of amides is 1. The van der Waals surface area contributed by atoms with Crippen LogP contribution in [-0.2, 0) is 11.3 Å². The van der Waals surface area contributed by atoms with Crippen molar-refractivity contribution in [2.75, 3.05) is 6.54 Å². The smallest absolute Gasteiger partial charge is 0.234 e. The van der Waals surface area contributed by atoms with Crippen molar-refractivity contribution in [2.24, 2.45) is 5.73 Å². The number of halogens is 2. The summed E-state index contributed by atoms with van der Waals surface area (Å²) < 4.78 is 13.0. The van der Waals surface area contributed by atoms with Crippen LogP contribution in [0.3, 0.4) is 0 Å². The second-order valence-electron chi connectivity index (χ2n) is 4.62. The lowest BCUT2D eigenvalue weighted by molar-refractivity contribution is -0.124. The van der Waals surface area contributed by atoms with Crippen LogP contribution < -0.4 is 5.73 Å². The molecule has 1 saturated heterocycles. The molecule has 1 aliphatic rings. The van der Waals surface area contributed by atoms with Crippen molar-refractivity contribution < 1.29 is 9.18 Å². The molecule has 0 spiro atoms. The van der Waals surface area contributed by atoms with Gasteiger partial charge in [0, 0.05) is 11.6 Å². The maximum atomic E-state index is 13.0. The molecule has 98 valence electrons. The van der Waals surface area contributed by atoms with Crippen LogP contribution in [0.15, 0.2) is 18.2 Å². The van der Waals surface area contributed by atoms with E-state index in [0.29, 0.717) is 11.6 Å². The van der Waals surface area contributed by atoms with Crippen LogP contribution in [0.1, 0.15) is 24.8 Å². The highest BCUT2D eigenvalue weighted by atomic mass is 35.5. The van der Waals surface area contributed by atoms with E-state index in [1.807, 2.05) is 4.90 Å². The third-order valence-corrected chi connectivity index (χ3v) is 3.68. The Labute approximate surface area is 111 Å². The molecule has 1 aliphatic heterocycles. The van der Waals surface area contributed by atoms with E-state index in [1.54, 1.807) is 6.07 Å². The van der Waals surface area contributed by atoms with E-state index in [-0.39, 0.29) is 17.8 Å². The average molecular weight is 271 g/mol. The number of carbonyl (C=O) groups is 1. The minimum absolute atomic E-state index is 0.236. The second-order valence-corrected chi connectivity index (χ2v) is 5.03. The quantitative estimate of drug-likeness (QED) is 0.916. The Morgan fingerprint density at radius 1 is 1.50 bits per heavy atom. The predicted molar refractivity (Wildman–Crippen MR) is 68.7 cm³/mol. The second kappa shape index (κ2) is 5.67. The Bertz CT molecular complexity index is 453. The number of likely N-dealkylation sites (tertiary alicyclic amines) is 1. The minimum atomic E-state index is -0.353. The molecule has 18 heavy (non-hydrogen) atoms. The summed E-state index contributed by atoms with van der Waals surface area (Å²) in [6.45, 7) is 1.36. The van der Waals surface area contributed by atoms with Gasteiger partial charge in [-0.2, -0.15) is 0 Å². The van der Waals surface area contributed by atoms with Gasteiger partial charge in [0.25, 0.3) is 0 Å². The fourth-order valence-corrected chi connectivity index (χ4v) is 2.60. The van der Waals surface area contributed by atoms with Gasteiger partial charge in [-0.3, -0.25) is 9.69 Å². The molecule has 1 aromatic carbocycles. The zero-order chi connectivity index (χ0) is 13.1. The lowest BCUT2D eigenvalue weighted by Gasteiger charge is -2.33. The summed E-state index contributed by atoms with van der Waals surface area (Å²) in [5.74, 6) is -0.651. The number of benzene rings is 1. The van der Waals surface area contributed by atoms with E-state index in [4.69, 9.17) is 17.3 Å². The largest absolute Gasteiger partial charge is 0.368 e. The van der Waals surface area contributed by atoms with Gasteiger partial charge in [0.1, 0.15) is 5.82 Å². The monoisotopic (exact) mass is 270 g/mol. The number of primary amides is 1. The van der Waals surface area contributed by atoms with Crippen molar-refractivity contribution in [1.29, 1.82) is 0 Å². The van der Waals surface area contributed by atoms with Crippen LogP contribution in [-0.4, -0.2) is 23.4 Å². The normalized spacial score (nSPS) is 20.9. The summed E-state index contributed by atoms with van der Waals surface area (Å²) in [4.78, 5) is 13.4. The van der Waals surface area contributed by atoms with Gasteiger partial charge in [-0.25, -0.2) is 4.39 Å².